The van der Waals surface area contributed by atoms with Crippen LogP contribution in [0.25, 0.3) is 11.4 Å². The molecular weight excluding hydrogens is 226 g/mol. The van der Waals surface area contributed by atoms with E-state index in [1.54, 1.807) is 0 Å². The van der Waals surface area contributed by atoms with Gasteiger partial charge in [-0.3, -0.25) is 0 Å². The van der Waals surface area contributed by atoms with Gasteiger partial charge in [-0.05, 0) is 18.9 Å². The summed E-state index contributed by atoms with van der Waals surface area (Å²) in [7, 11) is 0. The van der Waals surface area contributed by atoms with Gasteiger partial charge in [0.2, 0.25) is 11.7 Å². The van der Waals surface area contributed by atoms with Crippen LogP contribution in [0.1, 0.15) is 37.8 Å². The Hall–Kier alpha value is -1.68. The predicted octanol–water partition coefficient (Wildman–Crippen LogP) is 3.09. The van der Waals surface area contributed by atoms with Gasteiger partial charge in [-0.15, -0.1) is 0 Å². The molecular formula is C14H19N3O. The minimum absolute atomic E-state index is 0.193. The summed E-state index contributed by atoms with van der Waals surface area (Å²) in [6, 6.07) is 7.82. The monoisotopic (exact) mass is 245 g/mol. The van der Waals surface area contributed by atoms with Crippen molar-refractivity contribution in [2.75, 3.05) is 0 Å². The van der Waals surface area contributed by atoms with Gasteiger partial charge in [-0.1, -0.05) is 49.2 Å². The van der Waals surface area contributed by atoms with Crippen LogP contribution in [0.15, 0.2) is 28.8 Å². The fraction of sp³-hybridized carbons (Fsp3) is 0.429. The average molecular weight is 245 g/mol. The molecule has 0 saturated carbocycles. The van der Waals surface area contributed by atoms with E-state index < -0.39 is 0 Å². The Labute approximate surface area is 107 Å². The van der Waals surface area contributed by atoms with Gasteiger partial charge in [0.05, 0.1) is 6.04 Å². The van der Waals surface area contributed by atoms with E-state index in [0.29, 0.717) is 17.6 Å². The van der Waals surface area contributed by atoms with Gasteiger partial charge in [-0.2, -0.15) is 4.98 Å². The zero-order valence-electron chi connectivity index (χ0n) is 11.1. The van der Waals surface area contributed by atoms with Crippen LogP contribution >= 0.6 is 0 Å². The highest BCUT2D eigenvalue weighted by atomic mass is 16.5. The van der Waals surface area contributed by atoms with Crippen molar-refractivity contribution in [2.45, 2.75) is 33.2 Å². The Morgan fingerprint density at radius 2 is 2.17 bits per heavy atom. The number of benzene rings is 1. The zero-order chi connectivity index (χ0) is 13.1. The van der Waals surface area contributed by atoms with Crippen molar-refractivity contribution in [3.63, 3.8) is 0 Å². The first-order valence-corrected chi connectivity index (χ1v) is 6.28. The average Bonchev–Trinajstić information content (AvgIpc) is 2.86. The molecule has 1 aromatic heterocycles. The first-order valence-electron chi connectivity index (χ1n) is 6.28. The molecule has 0 amide bonds. The van der Waals surface area contributed by atoms with Crippen LogP contribution < -0.4 is 5.73 Å². The lowest BCUT2D eigenvalue weighted by Gasteiger charge is -2.12. The van der Waals surface area contributed by atoms with E-state index in [0.717, 1.165) is 12.0 Å². The second kappa shape index (κ2) is 5.31. The molecule has 96 valence electrons. The third-order valence-electron chi connectivity index (χ3n) is 3.26. The van der Waals surface area contributed by atoms with Crippen molar-refractivity contribution < 1.29 is 4.52 Å². The lowest BCUT2D eigenvalue weighted by Crippen LogP contribution is -2.18. The molecule has 0 aliphatic carbocycles. The van der Waals surface area contributed by atoms with E-state index in [2.05, 4.69) is 24.0 Å². The summed E-state index contributed by atoms with van der Waals surface area (Å²) in [6.07, 6.45) is 0.989. The van der Waals surface area contributed by atoms with Crippen molar-refractivity contribution in [1.82, 2.24) is 10.1 Å². The third-order valence-corrected chi connectivity index (χ3v) is 3.26. The zero-order valence-corrected chi connectivity index (χ0v) is 11.1. The Bertz CT molecular complexity index is 521. The SMILES string of the molecule is CCC(C)C(N)c1nc(-c2cccc(C)c2)no1. The lowest BCUT2D eigenvalue weighted by molar-refractivity contribution is 0.312. The summed E-state index contributed by atoms with van der Waals surface area (Å²) < 4.78 is 5.26. The summed E-state index contributed by atoms with van der Waals surface area (Å²) in [6.45, 7) is 6.22. The molecule has 0 aliphatic heterocycles. The van der Waals surface area contributed by atoms with Gasteiger partial charge in [0.1, 0.15) is 0 Å². The minimum Gasteiger partial charge on any atom is -0.337 e. The highest BCUT2D eigenvalue weighted by Crippen LogP contribution is 2.23. The molecule has 0 radical (unpaired) electrons. The highest BCUT2D eigenvalue weighted by molar-refractivity contribution is 5.55. The number of rotatable bonds is 4. The maximum Gasteiger partial charge on any atom is 0.244 e. The fourth-order valence-electron chi connectivity index (χ4n) is 1.77. The summed E-state index contributed by atoms with van der Waals surface area (Å²) in [5.41, 5.74) is 8.21. The number of hydrogen-bond donors (Lipinski definition) is 1. The largest absolute Gasteiger partial charge is 0.337 e. The molecule has 1 aromatic carbocycles. The third kappa shape index (κ3) is 2.59. The quantitative estimate of drug-likeness (QED) is 0.899. The Balaban J connectivity index is 2.25. The molecule has 18 heavy (non-hydrogen) atoms. The number of nitrogens with zero attached hydrogens (tertiary/aromatic N) is 2. The van der Waals surface area contributed by atoms with E-state index in [9.17, 15) is 0 Å². The highest BCUT2D eigenvalue weighted by Gasteiger charge is 2.20. The fourth-order valence-corrected chi connectivity index (χ4v) is 1.77. The Morgan fingerprint density at radius 3 is 2.83 bits per heavy atom. The van der Waals surface area contributed by atoms with Crippen LogP contribution in [0.2, 0.25) is 0 Å². The summed E-state index contributed by atoms with van der Waals surface area (Å²) in [4.78, 5) is 4.39. The van der Waals surface area contributed by atoms with Crippen LogP contribution in [-0.2, 0) is 0 Å². The molecule has 2 N–H and O–H groups in total. The maximum atomic E-state index is 6.07. The van der Waals surface area contributed by atoms with Crippen LogP contribution in [0.4, 0.5) is 0 Å². The number of aromatic nitrogens is 2. The van der Waals surface area contributed by atoms with Crippen LogP contribution in [-0.4, -0.2) is 10.1 Å². The lowest BCUT2D eigenvalue weighted by atomic mass is 10.0. The van der Waals surface area contributed by atoms with Crippen LogP contribution in [0.3, 0.4) is 0 Å². The maximum absolute atomic E-state index is 6.07. The van der Waals surface area contributed by atoms with Gasteiger partial charge in [0, 0.05) is 5.56 Å². The van der Waals surface area contributed by atoms with E-state index in [1.165, 1.54) is 5.56 Å². The molecule has 2 atom stereocenters. The van der Waals surface area contributed by atoms with Crippen LogP contribution in [0.5, 0.6) is 0 Å². The van der Waals surface area contributed by atoms with Gasteiger partial charge in [-0.25, -0.2) is 0 Å². The number of nitrogens with two attached hydrogens (primary N) is 1. The number of aryl methyl sites for hydroxylation is 1. The van der Waals surface area contributed by atoms with Crippen molar-refractivity contribution in [2.24, 2.45) is 11.7 Å². The molecule has 4 heteroatoms. The summed E-state index contributed by atoms with van der Waals surface area (Å²) >= 11 is 0. The second-order valence-corrected chi connectivity index (χ2v) is 4.74. The van der Waals surface area contributed by atoms with Crippen molar-refractivity contribution in [3.05, 3.63) is 35.7 Å². The molecule has 4 nitrogen and oxygen atoms in total. The molecule has 0 saturated heterocycles. The topological polar surface area (TPSA) is 64.9 Å². The predicted molar refractivity (Wildman–Crippen MR) is 70.9 cm³/mol. The van der Waals surface area contributed by atoms with Crippen molar-refractivity contribution in [3.8, 4) is 11.4 Å². The van der Waals surface area contributed by atoms with Gasteiger partial charge in [0.25, 0.3) is 0 Å². The Kier molecular flexibility index (Phi) is 3.77. The molecule has 0 aliphatic rings. The Morgan fingerprint density at radius 1 is 1.39 bits per heavy atom. The second-order valence-electron chi connectivity index (χ2n) is 4.74. The first kappa shape index (κ1) is 12.8. The summed E-state index contributed by atoms with van der Waals surface area (Å²) in [5.74, 6) is 1.45. The van der Waals surface area contributed by atoms with E-state index in [-0.39, 0.29) is 6.04 Å². The van der Waals surface area contributed by atoms with Gasteiger partial charge < -0.3 is 10.3 Å². The van der Waals surface area contributed by atoms with E-state index >= 15 is 0 Å². The molecule has 2 aromatic rings. The minimum atomic E-state index is -0.193. The van der Waals surface area contributed by atoms with E-state index in [4.69, 9.17) is 10.3 Å². The van der Waals surface area contributed by atoms with Gasteiger partial charge >= 0.3 is 0 Å². The molecule has 2 unspecified atom stereocenters. The van der Waals surface area contributed by atoms with Crippen molar-refractivity contribution >= 4 is 0 Å². The first-order chi connectivity index (χ1) is 8.61. The molecule has 2 rings (SSSR count). The van der Waals surface area contributed by atoms with E-state index in [1.807, 2.05) is 31.2 Å². The summed E-state index contributed by atoms with van der Waals surface area (Å²) in [5, 5.41) is 4.00. The smallest absolute Gasteiger partial charge is 0.244 e. The molecule has 0 bridgehead atoms. The van der Waals surface area contributed by atoms with Gasteiger partial charge in [0.15, 0.2) is 0 Å². The normalized spacial score (nSPS) is 14.4. The molecule has 0 spiro atoms. The van der Waals surface area contributed by atoms with Crippen molar-refractivity contribution in [1.29, 1.82) is 0 Å². The molecule has 1 heterocycles. The standard InChI is InChI=1S/C14H19N3O/c1-4-10(3)12(15)14-16-13(17-18-14)11-7-5-6-9(2)8-11/h5-8,10,12H,4,15H2,1-3H3. The molecule has 0 fully saturated rings. The number of hydrogen-bond acceptors (Lipinski definition) is 4. The van der Waals surface area contributed by atoms with Crippen LogP contribution in [0, 0.1) is 12.8 Å².